The molecule has 1 aliphatic carbocycles. The minimum absolute atomic E-state index is 0.217. The molecule has 0 radical (unpaired) electrons. The minimum Gasteiger partial charge on any atom is -0.313 e. The Balaban J connectivity index is 1.72. The standard InChI is InChI=1S/C14H23N3O2S/c18-20(19,14-8-5-9-15-12-14)17-11-10-16-13-6-3-1-2-4-7-13/h5,8-9,12-13,16-17H,1-4,6-7,10-11H2. The molecule has 1 aromatic rings. The van der Waals surface area contributed by atoms with Crippen LogP contribution < -0.4 is 10.0 Å². The van der Waals surface area contributed by atoms with Gasteiger partial charge in [-0.15, -0.1) is 0 Å². The van der Waals surface area contributed by atoms with Crippen LogP contribution in [-0.2, 0) is 10.0 Å². The number of nitrogens with one attached hydrogen (secondary N) is 2. The van der Waals surface area contributed by atoms with Crippen LogP contribution in [0.4, 0.5) is 0 Å². The molecule has 0 aliphatic heterocycles. The van der Waals surface area contributed by atoms with Crippen molar-refractivity contribution < 1.29 is 8.42 Å². The summed E-state index contributed by atoms with van der Waals surface area (Å²) in [4.78, 5) is 4.05. The molecule has 0 amide bonds. The van der Waals surface area contributed by atoms with Crippen LogP contribution in [0.25, 0.3) is 0 Å². The third-order valence-corrected chi connectivity index (χ3v) is 5.10. The Morgan fingerprint density at radius 1 is 1.15 bits per heavy atom. The van der Waals surface area contributed by atoms with Crippen molar-refractivity contribution in [2.45, 2.75) is 49.5 Å². The molecule has 0 bridgehead atoms. The van der Waals surface area contributed by atoms with E-state index in [1.807, 2.05) is 0 Å². The van der Waals surface area contributed by atoms with Gasteiger partial charge in [0.15, 0.2) is 0 Å². The van der Waals surface area contributed by atoms with Gasteiger partial charge < -0.3 is 5.32 Å². The third-order valence-electron chi connectivity index (χ3n) is 3.65. The highest BCUT2D eigenvalue weighted by molar-refractivity contribution is 7.89. The van der Waals surface area contributed by atoms with E-state index >= 15 is 0 Å². The fourth-order valence-corrected chi connectivity index (χ4v) is 3.53. The highest BCUT2D eigenvalue weighted by Gasteiger charge is 2.14. The summed E-state index contributed by atoms with van der Waals surface area (Å²) in [6, 6.07) is 3.72. The molecule has 2 rings (SSSR count). The van der Waals surface area contributed by atoms with Gasteiger partial charge in [-0.1, -0.05) is 25.7 Å². The largest absolute Gasteiger partial charge is 0.313 e. The molecule has 1 saturated carbocycles. The van der Waals surface area contributed by atoms with E-state index in [0.717, 1.165) is 0 Å². The quantitative estimate of drug-likeness (QED) is 0.619. The van der Waals surface area contributed by atoms with E-state index < -0.39 is 10.0 Å². The lowest BCUT2D eigenvalue weighted by Gasteiger charge is -2.16. The lowest BCUT2D eigenvalue weighted by Crippen LogP contribution is -2.36. The van der Waals surface area contributed by atoms with Gasteiger partial charge in [0.2, 0.25) is 10.0 Å². The smallest absolute Gasteiger partial charge is 0.242 e. The van der Waals surface area contributed by atoms with E-state index in [9.17, 15) is 8.42 Å². The zero-order valence-electron chi connectivity index (χ0n) is 11.7. The Morgan fingerprint density at radius 2 is 1.90 bits per heavy atom. The number of hydrogen-bond acceptors (Lipinski definition) is 4. The zero-order valence-corrected chi connectivity index (χ0v) is 12.5. The minimum atomic E-state index is -3.42. The molecule has 0 atom stereocenters. The average molecular weight is 297 g/mol. The summed E-state index contributed by atoms with van der Waals surface area (Å²) in [5, 5.41) is 3.44. The summed E-state index contributed by atoms with van der Waals surface area (Å²) < 4.78 is 26.5. The molecule has 1 fully saturated rings. The fraction of sp³-hybridized carbons (Fsp3) is 0.643. The van der Waals surface area contributed by atoms with Crippen molar-refractivity contribution in [2.24, 2.45) is 0 Å². The van der Waals surface area contributed by atoms with Gasteiger partial charge in [-0.2, -0.15) is 0 Å². The number of sulfonamides is 1. The van der Waals surface area contributed by atoms with Gasteiger partial charge in [-0.3, -0.25) is 4.98 Å². The van der Waals surface area contributed by atoms with Gasteiger partial charge in [0.25, 0.3) is 0 Å². The third kappa shape index (κ3) is 4.85. The van der Waals surface area contributed by atoms with Gasteiger partial charge in [0.1, 0.15) is 4.90 Å². The molecule has 0 spiro atoms. The molecule has 0 unspecified atom stereocenters. The van der Waals surface area contributed by atoms with Crippen LogP contribution in [0.5, 0.6) is 0 Å². The Labute approximate surface area is 121 Å². The van der Waals surface area contributed by atoms with Gasteiger partial charge in [-0.25, -0.2) is 13.1 Å². The summed E-state index contributed by atoms with van der Waals surface area (Å²) in [6.07, 6.45) is 10.5. The molecule has 0 saturated heterocycles. The molecule has 1 heterocycles. The molecule has 5 nitrogen and oxygen atoms in total. The lowest BCUT2D eigenvalue weighted by molar-refractivity contribution is 0.461. The first-order valence-electron chi connectivity index (χ1n) is 7.31. The highest BCUT2D eigenvalue weighted by Crippen LogP contribution is 2.16. The maximum Gasteiger partial charge on any atom is 0.242 e. The molecule has 6 heteroatoms. The normalized spacial score (nSPS) is 17.8. The van der Waals surface area contributed by atoms with Gasteiger partial charge >= 0.3 is 0 Å². The lowest BCUT2D eigenvalue weighted by atomic mass is 10.1. The van der Waals surface area contributed by atoms with Crippen LogP contribution >= 0.6 is 0 Å². The number of aromatic nitrogens is 1. The molecule has 1 aromatic heterocycles. The Kier molecular flexibility index (Phi) is 5.94. The molecule has 112 valence electrons. The predicted molar refractivity (Wildman–Crippen MR) is 78.9 cm³/mol. The first-order chi connectivity index (χ1) is 9.68. The number of nitrogens with zero attached hydrogens (tertiary/aromatic N) is 1. The highest BCUT2D eigenvalue weighted by atomic mass is 32.2. The number of pyridine rings is 1. The van der Waals surface area contributed by atoms with Crippen LogP contribution in [0.1, 0.15) is 38.5 Å². The fourth-order valence-electron chi connectivity index (χ4n) is 2.53. The number of rotatable bonds is 6. The molecule has 20 heavy (non-hydrogen) atoms. The number of hydrogen-bond donors (Lipinski definition) is 2. The van der Waals surface area contributed by atoms with E-state index in [0.29, 0.717) is 19.1 Å². The average Bonchev–Trinajstić information content (AvgIpc) is 2.73. The topological polar surface area (TPSA) is 71.1 Å². The Bertz CT molecular complexity index is 482. The van der Waals surface area contributed by atoms with E-state index in [4.69, 9.17) is 0 Å². The first-order valence-corrected chi connectivity index (χ1v) is 8.80. The van der Waals surface area contributed by atoms with E-state index in [1.54, 1.807) is 18.3 Å². The van der Waals surface area contributed by atoms with Gasteiger partial charge in [-0.05, 0) is 25.0 Å². The SMILES string of the molecule is O=S(=O)(NCCNC1CCCCCC1)c1cccnc1. The van der Waals surface area contributed by atoms with E-state index in [-0.39, 0.29) is 4.90 Å². The molecular weight excluding hydrogens is 274 g/mol. The maximum absolute atomic E-state index is 12.0. The van der Waals surface area contributed by atoms with Crippen molar-refractivity contribution in [3.8, 4) is 0 Å². The summed E-state index contributed by atoms with van der Waals surface area (Å²) in [5.74, 6) is 0. The predicted octanol–water partition coefficient (Wildman–Crippen LogP) is 1.67. The first kappa shape index (κ1) is 15.4. The summed E-state index contributed by atoms with van der Waals surface area (Å²) in [7, 11) is -3.42. The van der Waals surface area contributed by atoms with E-state index in [1.165, 1.54) is 44.7 Å². The summed E-state index contributed by atoms with van der Waals surface area (Å²) >= 11 is 0. The second-order valence-electron chi connectivity index (χ2n) is 5.23. The second-order valence-corrected chi connectivity index (χ2v) is 7.00. The van der Waals surface area contributed by atoms with Crippen molar-refractivity contribution in [2.75, 3.05) is 13.1 Å². The summed E-state index contributed by atoms with van der Waals surface area (Å²) in [5.41, 5.74) is 0. The van der Waals surface area contributed by atoms with Gasteiger partial charge in [0, 0.05) is 31.5 Å². The van der Waals surface area contributed by atoms with Crippen molar-refractivity contribution in [3.05, 3.63) is 24.5 Å². The monoisotopic (exact) mass is 297 g/mol. The summed E-state index contributed by atoms with van der Waals surface area (Å²) in [6.45, 7) is 1.08. The van der Waals surface area contributed by atoms with Crippen LogP contribution in [-0.4, -0.2) is 32.5 Å². The Hall–Kier alpha value is -0.980. The second kappa shape index (κ2) is 7.71. The molecular formula is C14H23N3O2S. The van der Waals surface area contributed by atoms with E-state index in [2.05, 4.69) is 15.0 Å². The van der Waals surface area contributed by atoms with Crippen molar-refractivity contribution in [1.29, 1.82) is 0 Å². The zero-order chi connectivity index (χ0) is 14.3. The van der Waals surface area contributed by atoms with Crippen molar-refractivity contribution in [1.82, 2.24) is 15.0 Å². The van der Waals surface area contributed by atoms with Crippen LogP contribution in [0.2, 0.25) is 0 Å². The van der Waals surface area contributed by atoms with Crippen LogP contribution in [0.15, 0.2) is 29.4 Å². The Morgan fingerprint density at radius 3 is 2.55 bits per heavy atom. The molecule has 0 aromatic carbocycles. The van der Waals surface area contributed by atoms with Gasteiger partial charge in [0.05, 0.1) is 0 Å². The maximum atomic E-state index is 12.0. The molecule has 2 N–H and O–H groups in total. The van der Waals surface area contributed by atoms with Crippen LogP contribution in [0, 0.1) is 0 Å². The molecule has 1 aliphatic rings. The van der Waals surface area contributed by atoms with Crippen molar-refractivity contribution in [3.63, 3.8) is 0 Å². The van der Waals surface area contributed by atoms with Crippen LogP contribution in [0.3, 0.4) is 0 Å². The van der Waals surface area contributed by atoms with Crippen molar-refractivity contribution >= 4 is 10.0 Å².